The fourth-order valence-corrected chi connectivity index (χ4v) is 2.39. The highest BCUT2D eigenvalue weighted by molar-refractivity contribution is 5.27. The van der Waals surface area contributed by atoms with Gasteiger partial charge in [0.05, 0.1) is 0 Å². The smallest absolute Gasteiger partial charge is 0.119 e. The van der Waals surface area contributed by atoms with Crippen LogP contribution in [0.25, 0.3) is 0 Å². The van der Waals surface area contributed by atoms with E-state index in [9.17, 15) is 0 Å². The van der Waals surface area contributed by atoms with Crippen LogP contribution in [-0.2, 0) is 6.42 Å². The van der Waals surface area contributed by atoms with Gasteiger partial charge in [0.1, 0.15) is 11.9 Å². The molecule has 0 saturated carbocycles. The van der Waals surface area contributed by atoms with Gasteiger partial charge in [-0.3, -0.25) is 4.90 Å². The number of hydrogen-bond donors (Lipinski definition) is 0. The Labute approximate surface area is 105 Å². The van der Waals surface area contributed by atoms with Crippen LogP contribution in [0, 0.1) is 0 Å². The lowest BCUT2D eigenvalue weighted by atomic mass is 10.1. The second-order valence-electron chi connectivity index (χ2n) is 4.77. The number of benzene rings is 1. The number of ether oxygens (including phenoxy) is 1. The lowest BCUT2D eigenvalue weighted by Gasteiger charge is -2.32. The highest BCUT2D eigenvalue weighted by Gasteiger charge is 2.19. The SMILES string of the molecule is CCc1ccc(OC2CCCN(CC)C2)cc1. The molecule has 2 nitrogen and oxygen atoms in total. The van der Waals surface area contributed by atoms with E-state index >= 15 is 0 Å². The lowest BCUT2D eigenvalue weighted by Crippen LogP contribution is -2.40. The van der Waals surface area contributed by atoms with Crippen molar-refractivity contribution in [2.75, 3.05) is 19.6 Å². The van der Waals surface area contributed by atoms with Crippen molar-refractivity contribution in [1.82, 2.24) is 4.90 Å². The Balaban J connectivity index is 1.90. The molecule has 1 aromatic rings. The fraction of sp³-hybridized carbons (Fsp3) is 0.600. The van der Waals surface area contributed by atoms with E-state index in [0.29, 0.717) is 6.10 Å². The van der Waals surface area contributed by atoms with Crippen LogP contribution in [0.4, 0.5) is 0 Å². The van der Waals surface area contributed by atoms with Gasteiger partial charge in [-0.1, -0.05) is 26.0 Å². The fourth-order valence-electron chi connectivity index (χ4n) is 2.39. The van der Waals surface area contributed by atoms with Gasteiger partial charge in [-0.15, -0.1) is 0 Å². The summed E-state index contributed by atoms with van der Waals surface area (Å²) in [6.45, 7) is 7.83. The van der Waals surface area contributed by atoms with E-state index in [1.165, 1.54) is 24.9 Å². The third-order valence-electron chi connectivity index (χ3n) is 3.54. The van der Waals surface area contributed by atoms with Crippen molar-refractivity contribution in [2.24, 2.45) is 0 Å². The van der Waals surface area contributed by atoms with Gasteiger partial charge < -0.3 is 4.74 Å². The molecule has 0 radical (unpaired) electrons. The number of likely N-dealkylation sites (tertiary alicyclic amines) is 1. The maximum atomic E-state index is 6.05. The molecule has 1 atom stereocenters. The van der Waals surface area contributed by atoms with Crippen LogP contribution in [-0.4, -0.2) is 30.6 Å². The summed E-state index contributed by atoms with van der Waals surface area (Å²) in [5.74, 6) is 1.02. The summed E-state index contributed by atoms with van der Waals surface area (Å²) in [6.07, 6.45) is 3.90. The van der Waals surface area contributed by atoms with Gasteiger partial charge in [-0.05, 0) is 50.0 Å². The minimum Gasteiger partial charge on any atom is -0.489 e. The zero-order valence-corrected chi connectivity index (χ0v) is 11.0. The largest absolute Gasteiger partial charge is 0.489 e. The van der Waals surface area contributed by atoms with Crippen LogP contribution in [0.1, 0.15) is 32.3 Å². The number of hydrogen-bond acceptors (Lipinski definition) is 2. The summed E-state index contributed by atoms with van der Waals surface area (Å²) in [5.41, 5.74) is 1.37. The summed E-state index contributed by atoms with van der Waals surface area (Å²) in [5, 5.41) is 0. The third kappa shape index (κ3) is 3.47. The van der Waals surface area contributed by atoms with Gasteiger partial charge in [0.15, 0.2) is 0 Å². The molecule has 0 bridgehead atoms. The van der Waals surface area contributed by atoms with Crippen molar-refractivity contribution in [3.8, 4) is 5.75 Å². The first-order valence-electron chi connectivity index (χ1n) is 6.79. The van der Waals surface area contributed by atoms with Gasteiger partial charge in [-0.2, -0.15) is 0 Å². The second kappa shape index (κ2) is 6.06. The molecule has 0 amide bonds. The average molecular weight is 233 g/mol. The predicted octanol–water partition coefficient (Wildman–Crippen LogP) is 3.11. The van der Waals surface area contributed by atoms with Crippen LogP contribution >= 0.6 is 0 Å². The van der Waals surface area contributed by atoms with Crippen LogP contribution in [0.3, 0.4) is 0 Å². The van der Waals surface area contributed by atoms with Crippen molar-refractivity contribution in [2.45, 2.75) is 39.2 Å². The zero-order chi connectivity index (χ0) is 12.1. The molecule has 1 aliphatic rings. The molecule has 2 heteroatoms. The molecule has 0 spiro atoms. The molecule has 2 rings (SSSR count). The van der Waals surface area contributed by atoms with Crippen LogP contribution in [0.5, 0.6) is 5.75 Å². The Morgan fingerprint density at radius 3 is 2.65 bits per heavy atom. The molecule has 0 N–H and O–H groups in total. The molecule has 0 aromatic heterocycles. The molecule has 1 aromatic carbocycles. The van der Waals surface area contributed by atoms with Crippen molar-refractivity contribution < 1.29 is 4.74 Å². The van der Waals surface area contributed by atoms with E-state index in [2.05, 4.69) is 43.0 Å². The molecular weight excluding hydrogens is 210 g/mol. The van der Waals surface area contributed by atoms with Gasteiger partial charge in [0.25, 0.3) is 0 Å². The second-order valence-corrected chi connectivity index (χ2v) is 4.77. The van der Waals surface area contributed by atoms with Crippen molar-refractivity contribution in [3.05, 3.63) is 29.8 Å². The van der Waals surface area contributed by atoms with E-state index in [-0.39, 0.29) is 0 Å². The molecule has 1 fully saturated rings. The number of nitrogens with zero attached hydrogens (tertiary/aromatic N) is 1. The molecule has 94 valence electrons. The molecule has 1 saturated heterocycles. The number of likely N-dealkylation sites (N-methyl/N-ethyl adjacent to an activating group) is 1. The van der Waals surface area contributed by atoms with E-state index < -0.39 is 0 Å². The molecule has 1 aliphatic heterocycles. The monoisotopic (exact) mass is 233 g/mol. The Hall–Kier alpha value is -1.02. The maximum absolute atomic E-state index is 6.05. The quantitative estimate of drug-likeness (QED) is 0.792. The zero-order valence-electron chi connectivity index (χ0n) is 11.0. The minimum absolute atomic E-state index is 0.371. The van der Waals surface area contributed by atoms with Crippen molar-refractivity contribution in [3.63, 3.8) is 0 Å². The number of aryl methyl sites for hydroxylation is 1. The van der Waals surface area contributed by atoms with E-state index in [1.807, 2.05) is 0 Å². The summed E-state index contributed by atoms with van der Waals surface area (Å²) in [4.78, 5) is 2.47. The minimum atomic E-state index is 0.371. The normalized spacial score (nSPS) is 21.4. The van der Waals surface area contributed by atoms with Crippen LogP contribution < -0.4 is 4.74 Å². The van der Waals surface area contributed by atoms with E-state index in [1.54, 1.807) is 0 Å². The molecule has 0 aliphatic carbocycles. The highest BCUT2D eigenvalue weighted by atomic mass is 16.5. The van der Waals surface area contributed by atoms with Gasteiger partial charge in [-0.25, -0.2) is 0 Å². The Morgan fingerprint density at radius 1 is 1.24 bits per heavy atom. The summed E-state index contributed by atoms with van der Waals surface area (Å²) >= 11 is 0. The molecule has 1 heterocycles. The van der Waals surface area contributed by atoms with Gasteiger partial charge >= 0.3 is 0 Å². The van der Waals surface area contributed by atoms with E-state index in [4.69, 9.17) is 4.74 Å². The first kappa shape index (κ1) is 12.4. The third-order valence-corrected chi connectivity index (χ3v) is 3.54. The van der Waals surface area contributed by atoms with Gasteiger partial charge in [0, 0.05) is 6.54 Å². The van der Waals surface area contributed by atoms with Crippen LogP contribution in [0.15, 0.2) is 24.3 Å². The van der Waals surface area contributed by atoms with Crippen LogP contribution in [0.2, 0.25) is 0 Å². The number of piperidine rings is 1. The molecule has 1 unspecified atom stereocenters. The highest BCUT2D eigenvalue weighted by Crippen LogP contribution is 2.19. The topological polar surface area (TPSA) is 12.5 Å². The average Bonchev–Trinajstić information content (AvgIpc) is 2.40. The lowest BCUT2D eigenvalue weighted by molar-refractivity contribution is 0.0919. The summed E-state index contributed by atoms with van der Waals surface area (Å²) in [7, 11) is 0. The first-order chi connectivity index (χ1) is 8.31. The van der Waals surface area contributed by atoms with Gasteiger partial charge in [0.2, 0.25) is 0 Å². The number of rotatable bonds is 4. The predicted molar refractivity (Wildman–Crippen MR) is 71.6 cm³/mol. The standard InChI is InChI=1S/C15H23NO/c1-3-13-7-9-14(10-8-13)17-15-6-5-11-16(4-2)12-15/h7-10,15H,3-6,11-12H2,1-2H3. The van der Waals surface area contributed by atoms with E-state index in [0.717, 1.165) is 25.3 Å². The molecule has 17 heavy (non-hydrogen) atoms. The van der Waals surface area contributed by atoms with Crippen molar-refractivity contribution in [1.29, 1.82) is 0 Å². The van der Waals surface area contributed by atoms with Crippen molar-refractivity contribution >= 4 is 0 Å². The molecular formula is C15H23NO. The Bertz CT molecular complexity index is 333. The first-order valence-corrected chi connectivity index (χ1v) is 6.79. The summed E-state index contributed by atoms with van der Waals surface area (Å²) in [6, 6.07) is 8.53. The summed E-state index contributed by atoms with van der Waals surface area (Å²) < 4.78 is 6.05. The Morgan fingerprint density at radius 2 is 2.00 bits per heavy atom. The Kier molecular flexibility index (Phi) is 4.43. The maximum Gasteiger partial charge on any atom is 0.119 e.